The summed E-state index contributed by atoms with van der Waals surface area (Å²) in [5.41, 5.74) is 11.9. The van der Waals surface area contributed by atoms with Crippen LogP contribution in [-0.4, -0.2) is 53.8 Å². The maximum absolute atomic E-state index is 13.5. The molecule has 2 aromatic carbocycles. The predicted molar refractivity (Wildman–Crippen MR) is 173 cm³/mol. The minimum atomic E-state index is -0.412. The average Bonchev–Trinajstić information content (AvgIpc) is 3.74. The third-order valence-corrected chi connectivity index (χ3v) is 9.04. The second kappa shape index (κ2) is 11.4. The first kappa shape index (κ1) is 28.6. The molecule has 1 fully saturated rings. The number of anilines is 2. The molecule has 0 spiro atoms. The van der Waals surface area contributed by atoms with E-state index in [1.807, 2.05) is 82.5 Å². The maximum Gasteiger partial charge on any atom is 0.284 e. The summed E-state index contributed by atoms with van der Waals surface area (Å²) in [6.45, 7) is 5.98. The summed E-state index contributed by atoms with van der Waals surface area (Å²) < 4.78 is 5.40. The van der Waals surface area contributed by atoms with E-state index in [0.717, 1.165) is 53.0 Å². The van der Waals surface area contributed by atoms with E-state index in [0.29, 0.717) is 37.6 Å². The Morgan fingerprint density at radius 2 is 1.73 bits per heavy atom. The van der Waals surface area contributed by atoms with E-state index in [2.05, 4.69) is 21.5 Å². The molecule has 0 atom stereocenters. The topological polar surface area (TPSA) is 133 Å². The van der Waals surface area contributed by atoms with Crippen molar-refractivity contribution < 1.29 is 9.59 Å². The van der Waals surface area contributed by atoms with E-state index in [1.165, 1.54) is 6.33 Å². The van der Waals surface area contributed by atoms with Crippen molar-refractivity contribution in [1.29, 1.82) is 0 Å². The molecule has 5 heterocycles. The highest BCUT2D eigenvalue weighted by Gasteiger charge is 2.30. The van der Waals surface area contributed by atoms with Crippen LogP contribution in [0.3, 0.4) is 0 Å². The van der Waals surface area contributed by atoms with Crippen LogP contribution < -0.4 is 16.6 Å². The normalized spacial score (nSPS) is 15.1. The van der Waals surface area contributed by atoms with Crippen molar-refractivity contribution >= 4 is 28.8 Å². The Bertz CT molecular complexity index is 1960. The molecule has 2 aliphatic heterocycles. The number of para-hydroxylation sites is 1. The highest BCUT2D eigenvalue weighted by Crippen LogP contribution is 2.37. The quantitative estimate of drug-likeness (QED) is 0.294. The molecular weight excluding hydrogens is 568 g/mol. The van der Waals surface area contributed by atoms with Gasteiger partial charge in [-0.15, -0.1) is 0 Å². The van der Waals surface area contributed by atoms with E-state index in [4.69, 9.17) is 5.73 Å². The number of hydrogen-bond acceptors (Lipinski definition) is 6. The molecule has 11 heteroatoms. The van der Waals surface area contributed by atoms with Gasteiger partial charge in [0.15, 0.2) is 5.82 Å². The van der Waals surface area contributed by atoms with Crippen molar-refractivity contribution in [3.8, 4) is 16.8 Å². The lowest BCUT2D eigenvalue weighted by molar-refractivity contribution is -0.135. The van der Waals surface area contributed by atoms with E-state index in [1.54, 1.807) is 4.68 Å². The van der Waals surface area contributed by atoms with Gasteiger partial charge in [0, 0.05) is 48.4 Å². The van der Waals surface area contributed by atoms with Gasteiger partial charge >= 0.3 is 0 Å². The molecule has 3 N–H and O–H groups in total. The summed E-state index contributed by atoms with van der Waals surface area (Å²) >= 11 is 0. The van der Waals surface area contributed by atoms with Crippen LogP contribution in [-0.2, 0) is 17.8 Å². The van der Waals surface area contributed by atoms with Crippen molar-refractivity contribution in [3.05, 3.63) is 94.3 Å². The van der Waals surface area contributed by atoms with Crippen molar-refractivity contribution in [2.75, 3.05) is 24.1 Å². The summed E-state index contributed by atoms with van der Waals surface area (Å²) in [5.74, 6) is 0.369. The number of hydrogen-bond donors (Lipinski definition) is 2. The maximum atomic E-state index is 13.5. The third-order valence-electron chi connectivity index (χ3n) is 9.04. The molecule has 0 bridgehead atoms. The average molecular weight is 605 g/mol. The lowest BCUT2D eigenvalue weighted by Crippen LogP contribution is -2.40. The highest BCUT2D eigenvalue weighted by molar-refractivity contribution is 6.05. The summed E-state index contributed by atoms with van der Waals surface area (Å²) in [6, 6.07) is 19.1. The van der Waals surface area contributed by atoms with Crippen LogP contribution in [0.2, 0.25) is 0 Å². The molecule has 0 unspecified atom stereocenters. The lowest BCUT2D eigenvalue weighted by atomic mass is 9.92. The van der Waals surface area contributed by atoms with Crippen LogP contribution in [0.1, 0.15) is 60.8 Å². The Kier molecular flexibility index (Phi) is 7.23. The standard InChI is InChI=1S/C34H36N8O3/c1-21(2)33(44)39-17-14-23(15-18-39)28-19-26(30-31(35)36-20-37-41(28)30)22-10-12-24(13-11-22)38-32(43)29-27-9-6-16-40(27)42(34(29)45)25-7-4-3-5-8-25/h3-5,7-8,10-13,19-21,23H,6,9,14-18H2,1-2H3,(H,38,43)(H2,35,36,37). The fourth-order valence-corrected chi connectivity index (χ4v) is 6.82. The van der Waals surface area contributed by atoms with Crippen LogP contribution in [0.15, 0.2) is 71.8 Å². The number of aromatic nitrogens is 5. The molecule has 11 nitrogen and oxygen atoms in total. The van der Waals surface area contributed by atoms with Crippen LogP contribution in [0.25, 0.3) is 22.3 Å². The highest BCUT2D eigenvalue weighted by atomic mass is 16.2. The van der Waals surface area contributed by atoms with Crippen LogP contribution >= 0.6 is 0 Å². The summed E-state index contributed by atoms with van der Waals surface area (Å²) in [6.07, 6.45) is 4.71. The SMILES string of the molecule is CC(C)C(=O)N1CCC(c2cc(-c3ccc(NC(=O)c4c5n(n(-c6ccccc6)c4=O)CCC5)cc3)c3c(N)ncnn23)CC1. The van der Waals surface area contributed by atoms with Gasteiger partial charge in [0.1, 0.15) is 17.4 Å². The summed E-state index contributed by atoms with van der Waals surface area (Å²) in [4.78, 5) is 45.7. The number of fused-ring (bicyclic) bond motifs is 2. The Balaban J connectivity index is 1.15. The first-order chi connectivity index (χ1) is 21.8. The molecule has 0 radical (unpaired) electrons. The van der Waals surface area contributed by atoms with Gasteiger partial charge in [-0.1, -0.05) is 44.2 Å². The largest absolute Gasteiger partial charge is 0.382 e. The van der Waals surface area contributed by atoms with E-state index < -0.39 is 5.91 Å². The fraction of sp³-hybridized carbons (Fsp3) is 0.324. The molecule has 3 aromatic heterocycles. The van der Waals surface area contributed by atoms with Crippen molar-refractivity contribution in [1.82, 2.24) is 28.9 Å². The number of rotatable bonds is 6. The van der Waals surface area contributed by atoms with Gasteiger partial charge in [-0.05, 0) is 61.6 Å². The van der Waals surface area contributed by atoms with Gasteiger partial charge in [0.05, 0.1) is 11.4 Å². The minimum absolute atomic E-state index is 0.0139. The van der Waals surface area contributed by atoms with Crippen molar-refractivity contribution in [3.63, 3.8) is 0 Å². The summed E-state index contributed by atoms with van der Waals surface area (Å²) in [7, 11) is 0. The van der Waals surface area contributed by atoms with Gasteiger partial charge in [-0.2, -0.15) is 5.10 Å². The molecule has 5 aromatic rings. The fourth-order valence-electron chi connectivity index (χ4n) is 6.82. The Labute approximate surface area is 260 Å². The first-order valence-corrected chi connectivity index (χ1v) is 15.5. The van der Waals surface area contributed by atoms with Gasteiger partial charge in [0.2, 0.25) is 5.91 Å². The zero-order valence-corrected chi connectivity index (χ0v) is 25.4. The number of benzene rings is 2. The van der Waals surface area contributed by atoms with Gasteiger partial charge in [-0.3, -0.25) is 19.1 Å². The second-order valence-corrected chi connectivity index (χ2v) is 12.2. The zero-order chi connectivity index (χ0) is 31.2. The zero-order valence-electron chi connectivity index (χ0n) is 25.4. The smallest absolute Gasteiger partial charge is 0.284 e. The number of nitrogen functional groups attached to an aromatic ring is 1. The monoisotopic (exact) mass is 604 g/mol. The number of carbonyl (C=O) groups excluding carboxylic acids is 2. The molecular formula is C34H36N8O3. The molecule has 0 saturated carbocycles. The lowest BCUT2D eigenvalue weighted by Gasteiger charge is -2.33. The Hall–Kier alpha value is -5.19. The number of likely N-dealkylation sites (tertiary alicyclic amines) is 1. The first-order valence-electron chi connectivity index (χ1n) is 15.5. The number of piperidine rings is 1. The number of carbonyl (C=O) groups is 2. The van der Waals surface area contributed by atoms with Gasteiger partial charge < -0.3 is 16.0 Å². The molecule has 45 heavy (non-hydrogen) atoms. The third kappa shape index (κ3) is 4.98. The minimum Gasteiger partial charge on any atom is -0.382 e. The van der Waals surface area contributed by atoms with E-state index >= 15 is 0 Å². The molecule has 230 valence electrons. The van der Waals surface area contributed by atoms with Crippen LogP contribution in [0.5, 0.6) is 0 Å². The predicted octanol–water partition coefficient (Wildman–Crippen LogP) is 4.49. The Morgan fingerprint density at radius 1 is 1.00 bits per heavy atom. The summed E-state index contributed by atoms with van der Waals surface area (Å²) in [5, 5.41) is 7.50. The number of nitrogens with zero attached hydrogens (tertiary/aromatic N) is 6. The van der Waals surface area contributed by atoms with Gasteiger partial charge in [0.25, 0.3) is 11.5 Å². The van der Waals surface area contributed by atoms with E-state index in [-0.39, 0.29) is 28.9 Å². The van der Waals surface area contributed by atoms with Crippen molar-refractivity contribution in [2.24, 2.45) is 5.92 Å². The number of amides is 2. The van der Waals surface area contributed by atoms with Crippen molar-refractivity contribution in [2.45, 2.75) is 52.0 Å². The molecule has 1 saturated heterocycles. The molecule has 7 rings (SSSR count). The Morgan fingerprint density at radius 3 is 2.44 bits per heavy atom. The van der Waals surface area contributed by atoms with Crippen LogP contribution in [0, 0.1) is 5.92 Å². The van der Waals surface area contributed by atoms with Crippen LogP contribution in [0.4, 0.5) is 11.5 Å². The molecule has 2 aliphatic rings. The van der Waals surface area contributed by atoms with E-state index in [9.17, 15) is 14.4 Å². The molecule has 2 amide bonds. The molecule has 0 aliphatic carbocycles. The number of nitrogens with one attached hydrogen (secondary N) is 1. The van der Waals surface area contributed by atoms with Gasteiger partial charge in [-0.25, -0.2) is 14.2 Å². The number of nitrogens with two attached hydrogens (primary N) is 1. The second-order valence-electron chi connectivity index (χ2n) is 12.2.